The van der Waals surface area contributed by atoms with Crippen molar-refractivity contribution in [3.05, 3.63) is 23.8 Å². The number of nitrogens with one attached hydrogen (secondary N) is 1. The first kappa shape index (κ1) is 19.8. The van der Waals surface area contributed by atoms with Crippen LogP contribution in [0.25, 0.3) is 0 Å². The molecule has 1 amide bonds. The van der Waals surface area contributed by atoms with Crippen molar-refractivity contribution in [2.24, 2.45) is 0 Å². The third-order valence-electron chi connectivity index (χ3n) is 4.99. The van der Waals surface area contributed by atoms with E-state index in [2.05, 4.69) is 26.1 Å². The molecule has 1 aromatic rings. The molecule has 4 nitrogen and oxygen atoms in total. The lowest BCUT2D eigenvalue weighted by molar-refractivity contribution is -0.146. The standard InChI is InChI=1S/C21H33NO3/c1-5-14-24-21(12-8-7-9-13-21)20(23)22-18-10-11-19(16(3)15-18)25-17(4)6-2/h10-11,15,17H,5-9,12-14H2,1-4H3,(H,22,23)/t17-/m0/s1. The van der Waals surface area contributed by atoms with Crippen LogP contribution in [0, 0.1) is 6.92 Å². The SMILES string of the molecule is CCCOC1(C(=O)Nc2ccc(O[C@@H](C)CC)c(C)c2)CCCCC1. The summed E-state index contributed by atoms with van der Waals surface area (Å²) in [7, 11) is 0. The Kier molecular flexibility index (Phi) is 7.30. The van der Waals surface area contributed by atoms with Gasteiger partial charge in [-0.05, 0) is 63.3 Å². The monoisotopic (exact) mass is 347 g/mol. The molecule has 0 heterocycles. The minimum absolute atomic E-state index is 0.00403. The number of aryl methyl sites for hydroxylation is 1. The molecular formula is C21H33NO3. The fourth-order valence-corrected chi connectivity index (χ4v) is 3.26. The molecule has 1 aliphatic carbocycles. The predicted molar refractivity (Wildman–Crippen MR) is 102 cm³/mol. The predicted octanol–water partition coefficient (Wildman–Crippen LogP) is 5.24. The van der Waals surface area contributed by atoms with E-state index in [0.29, 0.717) is 6.61 Å². The molecule has 25 heavy (non-hydrogen) atoms. The van der Waals surface area contributed by atoms with E-state index in [-0.39, 0.29) is 12.0 Å². The zero-order chi connectivity index (χ0) is 18.3. The summed E-state index contributed by atoms with van der Waals surface area (Å²) in [6, 6.07) is 5.84. The van der Waals surface area contributed by atoms with Crippen LogP contribution in [-0.4, -0.2) is 24.2 Å². The summed E-state index contributed by atoms with van der Waals surface area (Å²) in [5.74, 6) is 0.873. The molecule has 0 spiro atoms. The number of carbonyl (C=O) groups excluding carboxylic acids is 1. The molecule has 1 atom stereocenters. The van der Waals surface area contributed by atoms with E-state index in [1.54, 1.807) is 0 Å². The Hall–Kier alpha value is -1.55. The molecule has 2 rings (SSSR count). The second-order valence-corrected chi connectivity index (χ2v) is 7.17. The maximum atomic E-state index is 12.9. The van der Waals surface area contributed by atoms with Gasteiger partial charge in [0.15, 0.2) is 0 Å². The van der Waals surface area contributed by atoms with Crippen LogP contribution < -0.4 is 10.1 Å². The topological polar surface area (TPSA) is 47.6 Å². The Morgan fingerprint density at radius 1 is 1.24 bits per heavy atom. The van der Waals surface area contributed by atoms with Crippen LogP contribution in [0.1, 0.15) is 71.3 Å². The van der Waals surface area contributed by atoms with E-state index in [0.717, 1.165) is 55.5 Å². The minimum Gasteiger partial charge on any atom is -0.490 e. The van der Waals surface area contributed by atoms with Gasteiger partial charge in [-0.3, -0.25) is 4.79 Å². The number of ether oxygens (including phenoxy) is 2. The average Bonchev–Trinajstić information content (AvgIpc) is 2.62. The van der Waals surface area contributed by atoms with Gasteiger partial charge in [-0.1, -0.05) is 33.1 Å². The molecule has 140 valence electrons. The summed E-state index contributed by atoms with van der Waals surface area (Å²) < 4.78 is 11.9. The number of amides is 1. The van der Waals surface area contributed by atoms with Crippen molar-refractivity contribution in [1.82, 2.24) is 0 Å². The average molecular weight is 347 g/mol. The second-order valence-electron chi connectivity index (χ2n) is 7.17. The number of hydrogen-bond acceptors (Lipinski definition) is 3. The minimum atomic E-state index is -0.659. The van der Waals surface area contributed by atoms with E-state index >= 15 is 0 Å². The lowest BCUT2D eigenvalue weighted by Gasteiger charge is -2.35. The van der Waals surface area contributed by atoms with Gasteiger partial charge >= 0.3 is 0 Å². The largest absolute Gasteiger partial charge is 0.490 e. The maximum Gasteiger partial charge on any atom is 0.256 e. The van der Waals surface area contributed by atoms with Gasteiger partial charge in [0.1, 0.15) is 11.4 Å². The normalized spacial score (nSPS) is 17.8. The van der Waals surface area contributed by atoms with Crippen molar-refractivity contribution in [3.8, 4) is 5.75 Å². The number of hydrogen-bond donors (Lipinski definition) is 1. The molecule has 0 bridgehead atoms. The zero-order valence-corrected chi connectivity index (χ0v) is 16.2. The second kappa shape index (κ2) is 9.23. The van der Waals surface area contributed by atoms with Crippen molar-refractivity contribution in [3.63, 3.8) is 0 Å². The van der Waals surface area contributed by atoms with E-state index in [1.807, 2.05) is 25.1 Å². The molecule has 0 aliphatic heterocycles. The molecule has 0 saturated heterocycles. The third kappa shape index (κ3) is 5.21. The molecule has 1 N–H and O–H groups in total. The van der Waals surface area contributed by atoms with Crippen LogP contribution >= 0.6 is 0 Å². The quantitative estimate of drug-likeness (QED) is 0.699. The summed E-state index contributed by atoms with van der Waals surface area (Å²) in [6.07, 6.45) is 7.00. The smallest absolute Gasteiger partial charge is 0.256 e. The fourth-order valence-electron chi connectivity index (χ4n) is 3.26. The van der Waals surface area contributed by atoms with E-state index in [4.69, 9.17) is 9.47 Å². The Bertz CT molecular complexity index is 564. The first-order valence-electron chi connectivity index (χ1n) is 9.73. The summed E-state index contributed by atoms with van der Waals surface area (Å²) >= 11 is 0. The van der Waals surface area contributed by atoms with Gasteiger partial charge in [0, 0.05) is 12.3 Å². The number of anilines is 1. The molecule has 1 aliphatic rings. The van der Waals surface area contributed by atoms with Gasteiger partial charge in [0.05, 0.1) is 6.10 Å². The number of benzene rings is 1. The first-order valence-corrected chi connectivity index (χ1v) is 9.73. The van der Waals surface area contributed by atoms with Crippen LogP contribution in [0.5, 0.6) is 5.75 Å². The van der Waals surface area contributed by atoms with Crippen molar-refractivity contribution in [2.75, 3.05) is 11.9 Å². The zero-order valence-electron chi connectivity index (χ0n) is 16.2. The molecule has 1 aromatic carbocycles. The van der Waals surface area contributed by atoms with Crippen molar-refractivity contribution in [1.29, 1.82) is 0 Å². The van der Waals surface area contributed by atoms with Crippen molar-refractivity contribution in [2.45, 2.75) is 84.3 Å². The Morgan fingerprint density at radius 3 is 2.56 bits per heavy atom. The molecule has 0 unspecified atom stereocenters. The molecular weight excluding hydrogens is 314 g/mol. The summed E-state index contributed by atoms with van der Waals surface area (Å²) in [6.45, 7) is 8.89. The highest BCUT2D eigenvalue weighted by molar-refractivity contribution is 5.97. The van der Waals surface area contributed by atoms with Crippen LogP contribution in [0.2, 0.25) is 0 Å². The van der Waals surface area contributed by atoms with Crippen LogP contribution in [0.3, 0.4) is 0 Å². The fraction of sp³-hybridized carbons (Fsp3) is 0.667. The van der Waals surface area contributed by atoms with Crippen LogP contribution in [0.4, 0.5) is 5.69 Å². The summed E-state index contributed by atoms with van der Waals surface area (Å²) in [5.41, 5.74) is 1.18. The highest BCUT2D eigenvalue weighted by Crippen LogP contribution is 2.33. The van der Waals surface area contributed by atoms with E-state index < -0.39 is 5.60 Å². The number of rotatable bonds is 8. The van der Waals surface area contributed by atoms with Crippen molar-refractivity contribution >= 4 is 11.6 Å². The molecule has 1 fully saturated rings. The van der Waals surface area contributed by atoms with Crippen LogP contribution in [-0.2, 0) is 9.53 Å². The van der Waals surface area contributed by atoms with Crippen molar-refractivity contribution < 1.29 is 14.3 Å². The van der Waals surface area contributed by atoms with Gasteiger partial charge in [-0.25, -0.2) is 0 Å². The van der Waals surface area contributed by atoms with Gasteiger partial charge in [0.25, 0.3) is 5.91 Å². The van der Waals surface area contributed by atoms with Gasteiger partial charge in [-0.2, -0.15) is 0 Å². The third-order valence-corrected chi connectivity index (χ3v) is 4.99. The molecule has 0 aromatic heterocycles. The lowest BCUT2D eigenvalue weighted by Crippen LogP contribution is -2.47. The van der Waals surface area contributed by atoms with Gasteiger partial charge in [0.2, 0.25) is 0 Å². The Morgan fingerprint density at radius 2 is 1.96 bits per heavy atom. The summed E-state index contributed by atoms with van der Waals surface area (Å²) in [5, 5.41) is 3.08. The lowest BCUT2D eigenvalue weighted by atomic mass is 9.83. The molecule has 0 radical (unpaired) electrons. The molecule has 1 saturated carbocycles. The van der Waals surface area contributed by atoms with Crippen LogP contribution in [0.15, 0.2) is 18.2 Å². The van der Waals surface area contributed by atoms with Gasteiger partial charge < -0.3 is 14.8 Å². The highest BCUT2D eigenvalue weighted by atomic mass is 16.5. The highest BCUT2D eigenvalue weighted by Gasteiger charge is 2.40. The number of carbonyl (C=O) groups is 1. The summed E-state index contributed by atoms with van der Waals surface area (Å²) in [4.78, 5) is 12.9. The van der Waals surface area contributed by atoms with E-state index in [9.17, 15) is 4.79 Å². The first-order chi connectivity index (χ1) is 12.0. The van der Waals surface area contributed by atoms with E-state index in [1.165, 1.54) is 6.42 Å². The van der Waals surface area contributed by atoms with Gasteiger partial charge in [-0.15, -0.1) is 0 Å². The Balaban J connectivity index is 2.08. The maximum absolute atomic E-state index is 12.9. The molecule has 4 heteroatoms. The Labute approximate surface area is 152 Å².